The molecular formula is C7H12N4O. The zero-order chi connectivity index (χ0) is 9.07. The summed E-state index contributed by atoms with van der Waals surface area (Å²) >= 11 is 0. The average molecular weight is 168 g/mol. The highest BCUT2D eigenvalue weighted by molar-refractivity contribution is 4.65. The molecule has 2 rings (SSSR count). The summed E-state index contributed by atoms with van der Waals surface area (Å²) in [5.74, 6) is 0. The van der Waals surface area contributed by atoms with Crippen molar-refractivity contribution in [2.24, 2.45) is 0 Å². The van der Waals surface area contributed by atoms with Crippen LogP contribution < -0.4 is 0 Å². The molecular weight excluding hydrogens is 156 g/mol. The first-order chi connectivity index (χ1) is 6.00. The molecule has 0 radical (unpaired) electrons. The molecule has 0 saturated carbocycles. The molecule has 0 bridgehead atoms. The van der Waals surface area contributed by atoms with Gasteiger partial charge in [0, 0.05) is 31.9 Å². The number of aliphatic hydroxyl groups is 1. The van der Waals surface area contributed by atoms with Gasteiger partial charge in [-0.3, -0.25) is 0 Å². The predicted molar refractivity (Wildman–Crippen MR) is 45.3 cm³/mol. The van der Waals surface area contributed by atoms with E-state index in [1.807, 2.05) is 0 Å². The smallest absolute Gasteiger partial charge is 0.0919 e. The van der Waals surface area contributed by atoms with Crippen molar-refractivity contribution in [3.63, 3.8) is 0 Å². The molecule has 5 heteroatoms. The van der Waals surface area contributed by atoms with E-state index in [9.17, 15) is 0 Å². The van der Waals surface area contributed by atoms with Gasteiger partial charge in [0.25, 0.3) is 0 Å². The van der Waals surface area contributed by atoms with E-state index in [2.05, 4.69) is 19.9 Å². The molecule has 12 heavy (non-hydrogen) atoms. The van der Waals surface area contributed by atoms with E-state index in [0.717, 1.165) is 7.11 Å². The van der Waals surface area contributed by atoms with Gasteiger partial charge in [0.1, 0.15) is 0 Å². The third-order valence-corrected chi connectivity index (χ3v) is 0.812. The predicted octanol–water partition coefficient (Wildman–Crippen LogP) is 0.428. The highest BCUT2D eigenvalue weighted by Crippen LogP contribution is 1.63. The highest BCUT2D eigenvalue weighted by Gasteiger charge is 1.56. The van der Waals surface area contributed by atoms with E-state index in [1.54, 1.807) is 37.4 Å². The van der Waals surface area contributed by atoms with Crippen LogP contribution in [0.3, 0.4) is 0 Å². The van der Waals surface area contributed by atoms with Crippen molar-refractivity contribution in [1.82, 2.24) is 19.9 Å². The van der Waals surface area contributed by atoms with Gasteiger partial charge in [-0.25, -0.2) is 9.97 Å². The van der Waals surface area contributed by atoms with Crippen LogP contribution in [0.1, 0.15) is 0 Å². The molecule has 2 aromatic rings. The summed E-state index contributed by atoms with van der Waals surface area (Å²) in [5, 5.41) is 7.00. The second-order valence-corrected chi connectivity index (χ2v) is 1.52. The number of aromatic nitrogens is 4. The summed E-state index contributed by atoms with van der Waals surface area (Å²) in [7, 11) is 1.00. The number of nitrogens with one attached hydrogen (secondary N) is 2. The quantitative estimate of drug-likeness (QED) is 0.533. The van der Waals surface area contributed by atoms with Crippen LogP contribution in [-0.2, 0) is 0 Å². The van der Waals surface area contributed by atoms with Crippen molar-refractivity contribution in [3.05, 3.63) is 37.4 Å². The standard InChI is InChI=1S/2C3H4N2.CH4O/c2*1-2-5-3-4-1;1-2/h2*1-3H,(H,4,5);2H,1H3. The lowest BCUT2D eigenvalue weighted by atomic mass is 11.0. The Morgan fingerprint density at radius 1 is 0.917 bits per heavy atom. The van der Waals surface area contributed by atoms with Crippen LogP contribution in [0.4, 0.5) is 0 Å². The van der Waals surface area contributed by atoms with Gasteiger partial charge >= 0.3 is 0 Å². The third kappa shape index (κ3) is 6.50. The van der Waals surface area contributed by atoms with E-state index in [4.69, 9.17) is 5.11 Å². The lowest BCUT2D eigenvalue weighted by molar-refractivity contribution is 0.399. The lowest BCUT2D eigenvalue weighted by Crippen LogP contribution is -1.44. The molecule has 0 saturated heterocycles. The SMILES string of the molecule is CO.c1c[nH]cn1.c1c[nH]cn1. The Morgan fingerprint density at radius 2 is 1.33 bits per heavy atom. The minimum atomic E-state index is 1.00. The Morgan fingerprint density at radius 3 is 1.42 bits per heavy atom. The largest absolute Gasteiger partial charge is 0.400 e. The van der Waals surface area contributed by atoms with Crippen LogP contribution in [0.2, 0.25) is 0 Å². The fraction of sp³-hybridized carbons (Fsp3) is 0.143. The Kier molecular flexibility index (Phi) is 8.11. The Hall–Kier alpha value is -1.62. The third-order valence-electron chi connectivity index (χ3n) is 0.812. The van der Waals surface area contributed by atoms with Crippen LogP contribution in [0, 0.1) is 0 Å². The number of hydrogen-bond acceptors (Lipinski definition) is 3. The van der Waals surface area contributed by atoms with E-state index in [0.29, 0.717) is 0 Å². The molecule has 0 fully saturated rings. The molecule has 0 unspecified atom stereocenters. The summed E-state index contributed by atoms with van der Waals surface area (Å²) < 4.78 is 0. The number of aromatic amines is 2. The Bertz CT molecular complexity index is 155. The molecule has 2 aromatic heterocycles. The highest BCUT2D eigenvalue weighted by atomic mass is 16.2. The summed E-state index contributed by atoms with van der Waals surface area (Å²) in [6.07, 6.45) is 10.2. The van der Waals surface area contributed by atoms with E-state index in [1.165, 1.54) is 0 Å². The Balaban J connectivity index is 0.000000168. The van der Waals surface area contributed by atoms with Crippen molar-refractivity contribution in [2.75, 3.05) is 7.11 Å². The zero-order valence-corrected chi connectivity index (χ0v) is 6.81. The fourth-order valence-corrected chi connectivity index (χ4v) is 0.430. The van der Waals surface area contributed by atoms with Crippen molar-refractivity contribution in [2.45, 2.75) is 0 Å². The topological polar surface area (TPSA) is 77.6 Å². The van der Waals surface area contributed by atoms with E-state index in [-0.39, 0.29) is 0 Å². The number of imidazole rings is 2. The first-order valence-electron chi connectivity index (χ1n) is 3.30. The second-order valence-electron chi connectivity index (χ2n) is 1.52. The average Bonchev–Trinajstić information content (AvgIpc) is 2.87. The molecule has 0 aromatic carbocycles. The fourth-order valence-electron chi connectivity index (χ4n) is 0.430. The summed E-state index contributed by atoms with van der Waals surface area (Å²) in [4.78, 5) is 12.8. The maximum atomic E-state index is 7.00. The number of nitrogens with zero attached hydrogens (tertiary/aromatic N) is 2. The van der Waals surface area contributed by atoms with Crippen LogP contribution in [0.5, 0.6) is 0 Å². The first-order valence-corrected chi connectivity index (χ1v) is 3.30. The number of H-pyrrole nitrogens is 2. The van der Waals surface area contributed by atoms with E-state index < -0.39 is 0 Å². The van der Waals surface area contributed by atoms with Gasteiger partial charge in [-0.2, -0.15) is 0 Å². The summed E-state index contributed by atoms with van der Waals surface area (Å²) in [6.45, 7) is 0. The zero-order valence-electron chi connectivity index (χ0n) is 6.81. The molecule has 0 aliphatic rings. The molecule has 0 spiro atoms. The van der Waals surface area contributed by atoms with Gasteiger partial charge in [-0.1, -0.05) is 0 Å². The van der Waals surface area contributed by atoms with Crippen molar-refractivity contribution >= 4 is 0 Å². The van der Waals surface area contributed by atoms with Gasteiger partial charge in [0.15, 0.2) is 0 Å². The second kappa shape index (κ2) is 9.38. The molecule has 0 atom stereocenters. The number of rotatable bonds is 0. The monoisotopic (exact) mass is 168 g/mol. The molecule has 3 N–H and O–H groups in total. The van der Waals surface area contributed by atoms with Gasteiger partial charge in [-0.05, 0) is 0 Å². The molecule has 5 nitrogen and oxygen atoms in total. The minimum absolute atomic E-state index is 1.00. The minimum Gasteiger partial charge on any atom is -0.400 e. The van der Waals surface area contributed by atoms with Gasteiger partial charge in [0.05, 0.1) is 12.7 Å². The Labute approximate surface area is 70.5 Å². The van der Waals surface area contributed by atoms with E-state index >= 15 is 0 Å². The summed E-state index contributed by atoms with van der Waals surface area (Å²) in [5.41, 5.74) is 0. The molecule has 66 valence electrons. The normalized spacial score (nSPS) is 7.17. The number of aliphatic hydroxyl groups excluding tert-OH is 1. The van der Waals surface area contributed by atoms with Crippen LogP contribution in [0.15, 0.2) is 37.4 Å². The van der Waals surface area contributed by atoms with Crippen LogP contribution in [-0.4, -0.2) is 32.2 Å². The van der Waals surface area contributed by atoms with Gasteiger partial charge in [0.2, 0.25) is 0 Å². The maximum absolute atomic E-state index is 7.00. The van der Waals surface area contributed by atoms with Crippen molar-refractivity contribution < 1.29 is 5.11 Å². The molecule has 0 aliphatic heterocycles. The van der Waals surface area contributed by atoms with Crippen LogP contribution >= 0.6 is 0 Å². The van der Waals surface area contributed by atoms with Crippen LogP contribution in [0.25, 0.3) is 0 Å². The molecule has 0 amide bonds. The van der Waals surface area contributed by atoms with Gasteiger partial charge < -0.3 is 15.1 Å². The van der Waals surface area contributed by atoms with Crippen molar-refractivity contribution in [3.8, 4) is 0 Å². The number of hydrogen-bond donors (Lipinski definition) is 3. The molecule has 2 heterocycles. The van der Waals surface area contributed by atoms with Crippen molar-refractivity contribution in [1.29, 1.82) is 0 Å². The lowest BCUT2D eigenvalue weighted by Gasteiger charge is -1.46. The maximum Gasteiger partial charge on any atom is 0.0919 e. The van der Waals surface area contributed by atoms with Gasteiger partial charge in [-0.15, -0.1) is 0 Å². The molecule has 0 aliphatic carbocycles. The summed E-state index contributed by atoms with van der Waals surface area (Å²) in [6, 6.07) is 0. The first kappa shape index (κ1) is 10.4.